The van der Waals surface area contributed by atoms with Crippen molar-refractivity contribution in [3.8, 4) is 17.2 Å². The Balaban J connectivity index is 1.65. The first-order valence-corrected chi connectivity index (χ1v) is 8.61. The van der Waals surface area contributed by atoms with Gasteiger partial charge in [-0.2, -0.15) is 0 Å². The van der Waals surface area contributed by atoms with Gasteiger partial charge in [-0.1, -0.05) is 11.6 Å². The van der Waals surface area contributed by atoms with Crippen LogP contribution in [0.4, 0.5) is 5.69 Å². The lowest BCUT2D eigenvalue weighted by Gasteiger charge is -2.19. The molecule has 2 aromatic rings. The first-order valence-electron chi connectivity index (χ1n) is 8.23. The van der Waals surface area contributed by atoms with Gasteiger partial charge in [0.1, 0.15) is 24.5 Å². The summed E-state index contributed by atoms with van der Waals surface area (Å²) in [6, 6.07) is 9.61. The van der Waals surface area contributed by atoms with Crippen molar-refractivity contribution < 1.29 is 28.5 Å². The molecule has 0 aromatic heterocycles. The molecule has 1 atom stereocenters. The van der Waals surface area contributed by atoms with Crippen LogP contribution in [0.2, 0.25) is 5.02 Å². The number of esters is 1. The Labute approximate surface area is 161 Å². The third-order valence-corrected chi connectivity index (χ3v) is 4.08. The summed E-state index contributed by atoms with van der Waals surface area (Å²) in [5.41, 5.74) is 0.650. The number of nitrogens with one attached hydrogen (secondary N) is 1. The summed E-state index contributed by atoms with van der Waals surface area (Å²) in [5, 5.41) is 3.04. The van der Waals surface area contributed by atoms with Crippen LogP contribution in [-0.2, 0) is 9.53 Å². The minimum Gasteiger partial charge on any atom is -0.496 e. The Morgan fingerprint density at radius 3 is 2.59 bits per heavy atom. The quantitative estimate of drug-likeness (QED) is 0.787. The summed E-state index contributed by atoms with van der Waals surface area (Å²) >= 11 is 5.92. The highest BCUT2D eigenvalue weighted by Crippen LogP contribution is 2.32. The van der Waals surface area contributed by atoms with E-state index in [0.29, 0.717) is 41.2 Å². The topological polar surface area (TPSA) is 83.1 Å². The van der Waals surface area contributed by atoms with Gasteiger partial charge < -0.3 is 24.3 Å². The second kappa shape index (κ2) is 8.18. The molecule has 142 valence electrons. The second-order valence-corrected chi connectivity index (χ2v) is 6.18. The smallest absolute Gasteiger partial charge is 0.342 e. The fraction of sp³-hybridized carbons (Fsp3) is 0.263. The van der Waals surface area contributed by atoms with E-state index in [-0.39, 0.29) is 5.56 Å². The van der Waals surface area contributed by atoms with Gasteiger partial charge in [0.15, 0.2) is 17.6 Å². The van der Waals surface area contributed by atoms with Crippen LogP contribution in [0, 0.1) is 0 Å². The van der Waals surface area contributed by atoms with Crippen molar-refractivity contribution in [2.24, 2.45) is 0 Å². The normalized spacial score (nSPS) is 13.4. The lowest BCUT2D eigenvalue weighted by molar-refractivity contribution is -0.123. The van der Waals surface area contributed by atoms with Crippen molar-refractivity contribution in [3.63, 3.8) is 0 Å². The molecular weight excluding hydrogens is 374 g/mol. The Morgan fingerprint density at radius 2 is 1.85 bits per heavy atom. The molecule has 1 heterocycles. The standard InChI is InChI=1S/C19H18ClNO6/c1-11(27-19(23)14-9-12(20)3-5-15(14)24-2)18(22)21-13-4-6-16-17(10-13)26-8-7-25-16/h3-6,9-11H,7-8H2,1-2H3,(H,21,22)/t11-/m0/s1. The maximum Gasteiger partial charge on any atom is 0.342 e. The zero-order valence-electron chi connectivity index (χ0n) is 14.8. The monoisotopic (exact) mass is 391 g/mol. The van der Waals surface area contributed by atoms with E-state index < -0.39 is 18.0 Å². The van der Waals surface area contributed by atoms with Gasteiger partial charge in [0.2, 0.25) is 0 Å². The molecule has 2 aromatic carbocycles. The van der Waals surface area contributed by atoms with Gasteiger partial charge in [-0.15, -0.1) is 0 Å². The molecule has 8 heteroatoms. The van der Waals surface area contributed by atoms with Crippen molar-refractivity contribution in [3.05, 3.63) is 47.0 Å². The second-order valence-electron chi connectivity index (χ2n) is 5.74. The number of anilines is 1. The lowest BCUT2D eigenvalue weighted by atomic mass is 10.2. The molecule has 1 aliphatic heterocycles. The van der Waals surface area contributed by atoms with E-state index in [1.807, 2.05) is 0 Å². The van der Waals surface area contributed by atoms with Gasteiger partial charge in [-0.3, -0.25) is 4.79 Å². The number of ether oxygens (including phenoxy) is 4. The van der Waals surface area contributed by atoms with E-state index in [1.165, 1.54) is 20.1 Å². The number of benzene rings is 2. The maximum absolute atomic E-state index is 12.4. The predicted octanol–water partition coefficient (Wildman–Crippen LogP) is 3.30. The number of carbonyl (C=O) groups excluding carboxylic acids is 2. The van der Waals surface area contributed by atoms with Crippen molar-refractivity contribution >= 4 is 29.2 Å². The Morgan fingerprint density at radius 1 is 1.11 bits per heavy atom. The summed E-state index contributed by atoms with van der Waals surface area (Å²) < 4.78 is 21.3. The molecule has 0 radical (unpaired) electrons. The SMILES string of the molecule is COc1ccc(Cl)cc1C(=O)O[C@@H](C)C(=O)Nc1ccc2c(c1)OCCO2. The zero-order chi connectivity index (χ0) is 19.4. The number of methoxy groups -OCH3 is 1. The van der Waals surface area contributed by atoms with Crippen LogP contribution in [0.15, 0.2) is 36.4 Å². The molecular formula is C19H18ClNO6. The maximum atomic E-state index is 12.4. The van der Waals surface area contributed by atoms with Crippen LogP contribution in [0.25, 0.3) is 0 Å². The number of hydrogen-bond acceptors (Lipinski definition) is 6. The minimum absolute atomic E-state index is 0.143. The average Bonchev–Trinajstić information content (AvgIpc) is 2.67. The molecule has 0 aliphatic carbocycles. The molecule has 0 bridgehead atoms. The van der Waals surface area contributed by atoms with E-state index in [2.05, 4.69) is 5.32 Å². The highest BCUT2D eigenvalue weighted by molar-refractivity contribution is 6.31. The highest BCUT2D eigenvalue weighted by Gasteiger charge is 2.22. The van der Waals surface area contributed by atoms with Gasteiger partial charge in [-0.05, 0) is 37.3 Å². The average molecular weight is 392 g/mol. The highest BCUT2D eigenvalue weighted by atomic mass is 35.5. The van der Waals surface area contributed by atoms with E-state index >= 15 is 0 Å². The van der Waals surface area contributed by atoms with E-state index in [0.717, 1.165) is 0 Å². The van der Waals surface area contributed by atoms with E-state index in [4.69, 9.17) is 30.5 Å². The zero-order valence-corrected chi connectivity index (χ0v) is 15.5. The fourth-order valence-electron chi connectivity index (χ4n) is 2.48. The van der Waals surface area contributed by atoms with Crippen molar-refractivity contribution in [2.75, 3.05) is 25.6 Å². The number of halogens is 1. The number of fused-ring (bicyclic) bond motifs is 1. The lowest BCUT2D eigenvalue weighted by Crippen LogP contribution is -2.30. The molecule has 1 N–H and O–H groups in total. The number of hydrogen-bond donors (Lipinski definition) is 1. The molecule has 0 saturated heterocycles. The molecule has 7 nitrogen and oxygen atoms in total. The van der Waals surface area contributed by atoms with Crippen LogP contribution >= 0.6 is 11.6 Å². The van der Waals surface area contributed by atoms with Gasteiger partial charge in [0, 0.05) is 16.8 Å². The summed E-state index contributed by atoms with van der Waals surface area (Å²) in [6.45, 7) is 2.40. The van der Waals surface area contributed by atoms with Crippen LogP contribution in [-0.4, -0.2) is 38.3 Å². The van der Waals surface area contributed by atoms with Gasteiger partial charge in [0.05, 0.1) is 7.11 Å². The number of rotatable bonds is 5. The van der Waals surface area contributed by atoms with Gasteiger partial charge in [-0.25, -0.2) is 4.79 Å². The minimum atomic E-state index is -1.03. The van der Waals surface area contributed by atoms with E-state index in [1.54, 1.807) is 30.3 Å². The molecule has 0 unspecified atom stereocenters. The van der Waals surface area contributed by atoms with Crippen molar-refractivity contribution in [1.29, 1.82) is 0 Å². The molecule has 1 aliphatic rings. The van der Waals surface area contributed by atoms with E-state index in [9.17, 15) is 9.59 Å². The first kappa shape index (κ1) is 18.8. The molecule has 0 saturated carbocycles. The Kier molecular flexibility index (Phi) is 5.71. The predicted molar refractivity (Wildman–Crippen MR) is 98.9 cm³/mol. The van der Waals surface area contributed by atoms with Crippen LogP contribution in [0.5, 0.6) is 17.2 Å². The van der Waals surface area contributed by atoms with Crippen molar-refractivity contribution in [2.45, 2.75) is 13.0 Å². The summed E-state index contributed by atoms with van der Waals surface area (Å²) in [6.07, 6.45) is -1.03. The molecule has 0 spiro atoms. The molecule has 0 fully saturated rings. The third-order valence-electron chi connectivity index (χ3n) is 3.84. The third kappa shape index (κ3) is 4.43. The number of amides is 1. The van der Waals surface area contributed by atoms with Crippen LogP contribution in [0.1, 0.15) is 17.3 Å². The fourth-order valence-corrected chi connectivity index (χ4v) is 2.65. The Hall–Kier alpha value is -2.93. The van der Waals surface area contributed by atoms with Gasteiger partial charge >= 0.3 is 5.97 Å². The van der Waals surface area contributed by atoms with Crippen LogP contribution in [0.3, 0.4) is 0 Å². The van der Waals surface area contributed by atoms with Gasteiger partial charge in [0.25, 0.3) is 5.91 Å². The summed E-state index contributed by atoms with van der Waals surface area (Å²) in [5.74, 6) is 0.281. The molecule has 3 rings (SSSR count). The largest absolute Gasteiger partial charge is 0.496 e. The first-order chi connectivity index (χ1) is 13.0. The summed E-state index contributed by atoms with van der Waals surface area (Å²) in [7, 11) is 1.43. The molecule has 1 amide bonds. The van der Waals surface area contributed by atoms with Crippen molar-refractivity contribution in [1.82, 2.24) is 0 Å². The number of carbonyl (C=O) groups is 2. The molecule has 27 heavy (non-hydrogen) atoms. The summed E-state index contributed by atoms with van der Waals surface area (Å²) in [4.78, 5) is 24.7. The Bertz CT molecular complexity index is 869. The van der Waals surface area contributed by atoms with Crippen LogP contribution < -0.4 is 19.5 Å².